The smallest absolute Gasteiger partial charge is 0.325 e. The fraction of sp³-hybridized carbons (Fsp3) is 0.261. The number of piperazine rings is 1. The third-order valence-electron chi connectivity index (χ3n) is 5.37. The Morgan fingerprint density at radius 3 is 2.79 bits per heavy atom. The minimum Gasteiger partial charge on any atom is -0.423 e. The summed E-state index contributed by atoms with van der Waals surface area (Å²) >= 11 is 6.64. The van der Waals surface area contributed by atoms with Gasteiger partial charge in [-0.05, 0) is 38.1 Å². The van der Waals surface area contributed by atoms with Gasteiger partial charge in [0.25, 0.3) is 0 Å². The lowest BCUT2D eigenvalue weighted by Crippen LogP contribution is -2.43. The van der Waals surface area contributed by atoms with Crippen LogP contribution < -0.4 is 20.3 Å². The van der Waals surface area contributed by atoms with Crippen LogP contribution in [0.1, 0.15) is 18.3 Å². The number of anilines is 3. The average molecular weight is 465 g/mol. The Bertz CT molecular complexity index is 1310. The summed E-state index contributed by atoms with van der Waals surface area (Å²) in [6.07, 6.45) is 3.89. The third-order valence-corrected chi connectivity index (χ3v) is 5.76. The van der Waals surface area contributed by atoms with Crippen molar-refractivity contribution in [3.8, 4) is 11.8 Å². The summed E-state index contributed by atoms with van der Waals surface area (Å²) in [5.74, 6) is 2.52. The van der Waals surface area contributed by atoms with E-state index in [-0.39, 0.29) is 6.01 Å². The Kier molecular flexibility index (Phi) is 5.89. The Balaban J connectivity index is 1.48. The van der Waals surface area contributed by atoms with Crippen molar-refractivity contribution >= 4 is 46.0 Å². The second-order valence-electron chi connectivity index (χ2n) is 7.86. The summed E-state index contributed by atoms with van der Waals surface area (Å²) in [4.78, 5) is 14.7. The molecular weight excluding hydrogens is 440 g/mol. The summed E-state index contributed by atoms with van der Waals surface area (Å²) in [7, 11) is 0. The molecule has 0 atom stereocenters. The number of hydrogen-bond acceptors (Lipinski definition) is 7. The molecule has 10 heteroatoms. The van der Waals surface area contributed by atoms with E-state index >= 15 is 0 Å². The second kappa shape index (κ2) is 9.13. The molecule has 0 unspecified atom stereocenters. The number of hydrogen-bond donors (Lipinski definition) is 4. The molecule has 0 spiro atoms. The largest absolute Gasteiger partial charge is 0.423 e. The summed E-state index contributed by atoms with van der Waals surface area (Å²) in [6.45, 7) is 7.43. The zero-order chi connectivity index (χ0) is 22.8. The Labute approximate surface area is 196 Å². The van der Waals surface area contributed by atoms with E-state index in [9.17, 15) is 0 Å². The molecule has 4 N–H and O–H groups in total. The van der Waals surface area contributed by atoms with Crippen LogP contribution in [0.2, 0.25) is 5.02 Å². The van der Waals surface area contributed by atoms with Crippen LogP contribution in [-0.2, 0) is 0 Å². The van der Waals surface area contributed by atoms with E-state index in [4.69, 9.17) is 16.3 Å². The zero-order valence-corrected chi connectivity index (χ0v) is 19.2. The fourth-order valence-corrected chi connectivity index (χ4v) is 4.10. The lowest BCUT2D eigenvalue weighted by molar-refractivity contribution is 0.442. The first-order valence-corrected chi connectivity index (χ1v) is 11.2. The minimum absolute atomic E-state index is 0.214. The molecule has 3 aromatic heterocycles. The molecule has 5 rings (SSSR count). The number of nitrogens with one attached hydrogen (secondary N) is 4. The van der Waals surface area contributed by atoms with Gasteiger partial charge in [0, 0.05) is 54.9 Å². The number of nitrogens with zero attached hydrogens (tertiary/aromatic N) is 4. The highest BCUT2D eigenvalue weighted by molar-refractivity contribution is 6.37. The standard InChI is InChI=1S/C23H25ClN8O/c1-3-4-15-12-20(31-30-15)27-19-13-21(32-9-7-25-8-10-32)29-23(28-19)33-18-6-5-17-16(22(18)24)11-14(2)26-17/h3-6,11-13,25-26H,7-10H2,1-2H3,(H2,27,28,29,30,31)/b4-3+. The number of benzene rings is 1. The number of H-pyrrole nitrogens is 2. The maximum absolute atomic E-state index is 6.64. The Morgan fingerprint density at radius 1 is 1.12 bits per heavy atom. The van der Waals surface area contributed by atoms with Crippen LogP contribution in [0.25, 0.3) is 17.0 Å². The number of aryl methyl sites for hydroxylation is 1. The summed E-state index contributed by atoms with van der Waals surface area (Å²) < 4.78 is 6.09. The van der Waals surface area contributed by atoms with E-state index < -0.39 is 0 Å². The normalized spacial score (nSPS) is 14.3. The first-order chi connectivity index (χ1) is 16.1. The monoisotopic (exact) mass is 464 g/mol. The molecule has 0 amide bonds. The number of ether oxygens (including phenoxy) is 1. The molecule has 0 bridgehead atoms. The van der Waals surface area contributed by atoms with E-state index in [1.165, 1.54) is 0 Å². The van der Waals surface area contributed by atoms with Gasteiger partial charge in [-0.3, -0.25) is 5.10 Å². The van der Waals surface area contributed by atoms with E-state index in [0.29, 0.717) is 22.4 Å². The molecule has 4 heterocycles. The van der Waals surface area contributed by atoms with Crippen LogP contribution in [0, 0.1) is 6.92 Å². The van der Waals surface area contributed by atoms with Crippen molar-refractivity contribution in [3.05, 3.63) is 52.8 Å². The van der Waals surface area contributed by atoms with E-state index in [1.807, 2.05) is 56.3 Å². The predicted octanol–water partition coefficient (Wildman–Crippen LogP) is 4.62. The van der Waals surface area contributed by atoms with Crippen molar-refractivity contribution in [1.82, 2.24) is 30.5 Å². The van der Waals surface area contributed by atoms with Crippen LogP contribution in [0.5, 0.6) is 11.8 Å². The van der Waals surface area contributed by atoms with Crippen molar-refractivity contribution < 1.29 is 4.74 Å². The van der Waals surface area contributed by atoms with Gasteiger partial charge in [-0.15, -0.1) is 0 Å². The third kappa shape index (κ3) is 4.64. The first kappa shape index (κ1) is 21.3. The van der Waals surface area contributed by atoms with Gasteiger partial charge in [-0.1, -0.05) is 17.7 Å². The average Bonchev–Trinajstić information content (AvgIpc) is 3.42. The molecule has 0 aliphatic carbocycles. The summed E-state index contributed by atoms with van der Waals surface area (Å²) in [5.41, 5.74) is 2.89. The molecule has 0 radical (unpaired) electrons. The highest BCUT2D eigenvalue weighted by atomic mass is 35.5. The molecule has 1 aliphatic heterocycles. The molecule has 0 saturated carbocycles. The highest BCUT2D eigenvalue weighted by Gasteiger charge is 2.17. The van der Waals surface area contributed by atoms with Gasteiger partial charge < -0.3 is 25.3 Å². The zero-order valence-electron chi connectivity index (χ0n) is 18.4. The maximum Gasteiger partial charge on any atom is 0.325 e. The SMILES string of the molecule is C/C=C/c1cc(Nc2cc(N3CCNCC3)nc(Oc3ccc4[nH]c(C)cc4c3Cl)n2)n[nH]1. The van der Waals surface area contributed by atoms with Crippen LogP contribution in [0.4, 0.5) is 17.5 Å². The van der Waals surface area contributed by atoms with Crippen molar-refractivity contribution in [2.45, 2.75) is 13.8 Å². The second-order valence-corrected chi connectivity index (χ2v) is 8.24. The Hall–Kier alpha value is -3.56. The molecule has 1 aliphatic rings. The van der Waals surface area contributed by atoms with Crippen LogP contribution in [0.15, 0.2) is 36.4 Å². The van der Waals surface area contributed by atoms with Crippen molar-refractivity contribution in [2.24, 2.45) is 0 Å². The summed E-state index contributed by atoms with van der Waals surface area (Å²) in [6, 6.07) is 9.79. The van der Waals surface area contributed by atoms with E-state index in [2.05, 4.69) is 40.7 Å². The lowest BCUT2D eigenvalue weighted by atomic mass is 10.2. The highest BCUT2D eigenvalue weighted by Crippen LogP contribution is 2.36. The number of allylic oxidation sites excluding steroid dienone is 1. The molecule has 1 saturated heterocycles. The molecule has 170 valence electrons. The van der Waals surface area contributed by atoms with Crippen molar-refractivity contribution in [2.75, 3.05) is 36.4 Å². The molecule has 1 aromatic carbocycles. The number of halogens is 1. The molecule has 33 heavy (non-hydrogen) atoms. The van der Waals surface area contributed by atoms with Crippen molar-refractivity contribution in [1.29, 1.82) is 0 Å². The van der Waals surface area contributed by atoms with E-state index in [1.54, 1.807) is 0 Å². The molecule has 4 aromatic rings. The van der Waals surface area contributed by atoms with Gasteiger partial charge in [0.05, 0.1) is 10.7 Å². The van der Waals surface area contributed by atoms with Crippen LogP contribution in [-0.4, -0.2) is 51.3 Å². The van der Waals surface area contributed by atoms with Crippen molar-refractivity contribution in [3.63, 3.8) is 0 Å². The first-order valence-electron chi connectivity index (χ1n) is 10.8. The van der Waals surface area contributed by atoms with Gasteiger partial charge in [0.15, 0.2) is 5.82 Å². The quantitative estimate of drug-likeness (QED) is 0.330. The minimum atomic E-state index is 0.214. The molecular formula is C23H25ClN8O. The van der Waals surface area contributed by atoms with Gasteiger partial charge in [0.1, 0.15) is 17.4 Å². The number of fused-ring (bicyclic) bond motifs is 1. The topological polar surface area (TPSA) is 107 Å². The van der Waals surface area contributed by atoms with Gasteiger partial charge in [-0.25, -0.2) is 0 Å². The van der Waals surface area contributed by atoms with E-state index in [0.717, 1.165) is 54.3 Å². The van der Waals surface area contributed by atoms with Crippen LogP contribution in [0.3, 0.4) is 0 Å². The van der Waals surface area contributed by atoms with Gasteiger partial charge >= 0.3 is 6.01 Å². The number of aromatic nitrogens is 5. The van der Waals surface area contributed by atoms with Crippen LogP contribution >= 0.6 is 11.6 Å². The van der Waals surface area contributed by atoms with Gasteiger partial charge in [-0.2, -0.15) is 15.1 Å². The van der Waals surface area contributed by atoms with Gasteiger partial charge in [0.2, 0.25) is 0 Å². The fourth-order valence-electron chi connectivity index (χ4n) is 3.84. The maximum atomic E-state index is 6.64. The molecule has 9 nitrogen and oxygen atoms in total. The Morgan fingerprint density at radius 2 is 1.97 bits per heavy atom. The lowest BCUT2D eigenvalue weighted by Gasteiger charge is -2.28. The number of aromatic amines is 2. The molecule has 1 fully saturated rings. The number of rotatable bonds is 6. The summed E-state index contributed by atoms with van der Waals surface area (Å²) in [5, 5.41) is 15.3. The predicted molar refractivity (Wildman–Crippen MR) is 132 cm³/mol.